The summed E-state index contributed by atoms with van der Waals surface area (Å²) in [5.74, 6) is 0.155. The Balaban J connectivity index is 1.58. The molecule has 1 fully saturated rings. The summed E-state index contributed by atoms with van der Waals surface area (Å²) in [5, 5.41) is 2.77. The van der Waals surface area contributed by atoms with E-state index in [2.05, 4.69) is 5.32 Å². The zero-order chi connectivity index (χ0) is 20.6. The van der Waals surface area contributed by atoms with Gasteiger partial charge in [-0.2, -0.15) is 0 Å². The van der Waals surface area contributed by atoms with Gasteiger partial charge < -0.3 is 10.1 Å². The lowest BCUT2D eigenvalue weighted by atomic mass is 10.2. The number of amides is 2. The first kappa shape index (κ1) is 20.8. The Labute approximate surface area is 179 Å². The number of thiocarbonyl (C=S) groups is 1. The second-order valence-corrected chi connectivity index (χ2v) is 7.74. The Morgan fingerprint density at radius 3 is 2.59 bits per heavy atom. The van der Waals surface area contributed by atoms with Gasteiger partial charge in [0.05, 0.1) is 11.5 Å². The van der Waals surface area contributed by atoms with Crippen LogP contribution in [0, 0.1) is 0 Å². The number of hydrogen-bond donors (Lipinski definition) is 1. The van der Waals surface area contributed by atoms with Gasteiger partial charge in [-0.05, 0) is 42.8 Å². The molecule has 29 heavy (non-hydrogen) atoms. The van der Waals surface area contributed by atoms with E-state index in [1.165, 1.54) is 16.7 Å². The third-order valence-corrected chi connectivity index (χ3v) is 5.36. The van der Waals surface area contributed by atoms with Crippen LogP contribution in [-0.2, 0) is 9.59 Å². The maximum atomic E-state index is 12.6. The topological polar surface area (TPSA) is 58.6 Å². The van der Waals surface area contributed by atoms with Crippen LogP contribution in [0.5, 0.6) is 5.75 Å². The van der Waals surface area contributed by atoms with E-state index < -0.39 is 0 Å². The van der Waals surface area contributed by atoms with Gasteiger partial charge in [0.2, 0.25) is 5.91 Å². The Kier molecular flexibility index (Phi) is 7.21. The molecule has 0 unspecified atom stereocenters. The Bertz CT molecular complexity index is 954. The highest BCUT2D eigenvalue weighted by atomic mass is 32.2. The molecule has 148 valence electrons. The number of ether oxygens (including phenoxy) is 1. The first-order valence-corrected chi connectivity index (χ1v) is 10.3. The third kappa shape index (κ3) is 5.79. The highest BCUT2D eigenvalue weighted by molar-refractivity contribution is 8.26. The number of thioether (sulfide) groups is 1. The lowest BCUT2D eigenvalue weighted by Crippen LogP contribution is -2.36. The van der Waals surface area contributed by atoms with Gasteiger partial charge in [0, 0.05) is 5.69 Å². The average Bonchev–Trinajstić information content (AvgIpc) is 2.98. The smallest absolute Gasteiger partial charge is 0.266 e. The number of benzene rings is 2. The van der Waals surface area contributed by atoms with E-state index in [0.29, 0.717) is 21.5 Å². The fourth-order valence-corrected chi connectivity index (χ4v) is 3.81. The molecule has 2 amide bonds. The summed E-state index contributed by atoms with van der Waals surface area (Å²) in [6.45, 7) is 2.36. The van der Waals surface area contributed by atoms with Crippen LogP contribution < -0.4 is 10.1 Å². The first-order valence-electron chi connectivity index (χ1n) is 9.06. The minimum absolute atomic E-state index is 0.127. The molecule has 7 heteroatoms. The quantitative estimate of drug-likeness (QED) is 0.525. The van der Waals surface area contributed by atoms with Crippen LogP contribution in [0.1, 0.15) is 12.5 Å². The molecule has 2 aromatic carbocycles. The van der Waals surface area contributed by atoms with Crippen LogP contribution in [0.25, 0.3) is 6.08 Å². The van der Waals surface area contributed by atoms with Crippen molar-refractivity contribution in [3.05, 3.63) is 77.2 Å². The van der Waals surface area contributed by atoms with E-state index in [1.54, 1.807) is 30.3 Å². The lowest BCUT2D eigenvalue weighted by molar-refractivity contribution is -0.126. The number of anilines is 1. The second-order valence-electron chi connectivity index (χ2n) is 6.07. The molecule has 0 spiro atoms. The minimum atomic E-state index is -0.313. The maximum absolute atomic E-state index is 12.6. The highest BCUT2D eigenvalue weighted by Crippen LogP contribution is 2.31. The van der Waals surface area contributed by atoms with Crippen LogP contribution in [0.4, 0.5) is 5.69 Å². The van der Waals surface area contributed by atoms with Crippen LogP contribution in [0.15, 0.2) is 71.7 Å². The van der Waals surface area contributed by atoms with Crippen molar-refractivity contribution in [1.82, 2.24) is 4.90 Å². The fraction of sp³-hybridized carbons (Fsp3) is 0.136. The van der Waals surface area contributed by atoms with Crippen molar-refractivity contribution in [1.29, 1.82) is 0 Å². The number of nitrogens with one attached hydrogen (secondary N) is 1. The van der Waals surface area contributed by atoms with Crippen molar-refractivity contribution in [2.75, 3.05) is 18.5 Å². The van der Waals surface area contributed by atoms with Gasteiger partial charge in [0.25, 0.3) is 5.91 Å². The predicted molar refractivity (Wildman–Crippen MR) is 122 cm³/mol. The van der Waals surface area contributed by atoms with Crippen molar-refractivity contribution >= 4 is 51.9 Å². The zero-order valence-electron chi connectivity index (χ0n) is 15.8. The van der Waals surface area contributed by atoms with E-state index >= 15 is 0 Å². The Morgan fingerprint density at radius 1 is 1.17 bits per heavy atom. The maximum Gasteiger partial charge on any atom is 0.266 e. The van der Waals surface area contributed by atoms with Crippen LogP contribution >= 0.6 is 24.0 Å². The van der Waals surface area contributed by atoms with Crippen molar-refractivity contribution < 1.29 is 14.3 Å². The highest BCUT2D eigenvalue weighted by Gasteiger charge is 2.33. The third-order valence-electron chi connectivity index (χ3n) is 3.96. The molecule has 1 heterocycles. The number of carbonyl (C=O) groups excluding carboxylic acids is 2. The Morgan fingerprint density at radius 2 is 1.90 bits per heavy atom. The molecular weight excluding hydrogens is 404 g/mol. The van der Waals surface area contributed by atoms with Crippen molar-refractivity contribution in [2.24, 2.45) is 0 Å². The first-order chi connectivity index (χ1) is 14.1. The number of hydrogen-bond acceptors (Lipinski definition) is 5. The predicted octanol–water partition coefficient (Wildman–Crippen LogP) is 4.48. The SMILES string of the molecule is CCOc1ccc(NC(=O)CN2C(=O)/C(=C/C=C/c3ccccc3)SC2=S)cc1. The van der Waals surface area contributed by atoms with Gasteiger partial charge >= 0.3 is 0 Å². The molecular formula is C22H20N2O3S2. The van der Waals surface area contributed by atoms with Gasteiger partial charge in [-0.1, -0.05) is 66.5 Å². The molecule has 1 saturated heterocycles. The summed E-state index contributed by atoms with van der Waals surface area (Å²) in [6.07, 6.45) is 5.43. The van der Waals surface area contributed by atoms with Crippen LogP contribution in [-0.4, -0.2) is 34.2 Å². The molecule has 1 aliphatic heterocycles. The van der Waals surface area contributed by atoms with Gasteiger partial charge in [0.15, 0.2) is 0 Å². The van der Waals surface area contributed by atoms with E-state index in [1.807, 2.05) is 49.4 Å². The molecule has 3 rings (SSSR count). The lowest BCUT2D eigenvalue weighted by Gasteiger charge is -2.14. The summed E-state index contributed by atoms with van der Waals surface area (Å²) < 4.78 is 5.75. The largest absolute Gasteiger partial charge is 0.494 e. The summed E-state index contributed by atoms with van der Waals surface area (Å²) in [6, 6.07) is 16.8. The molecule has 0 atom stereocenters. The molecule has 0 saturated carbocycles. The zero-order valence-corrected chi connectivity index (χ0v) is 17.5. The molecule has 1 N–H and O–H groups in total. The minimum Gasteiger partial charge on any atom is -0.494 e. The van der Waals surface area contributed by atoms with E-state index in [9.17, 15) is 9.59 Å². The molecule has 0 aromatic heterocycles. The number of allylic oxidation sites excluding steroid dienone is 2. The normalized spacial score (nSPS) is 15.3. The number of rotatable bonds is 7. The van der Waals surface area contributed by atoms with Gasteiger partial charge in [-0.15, -0.1) is 0 Å². The van der Waals surface area contributed by atoms with Crippen molar-refractivity contribution in [3.63, 3.8) is 0 Å². The molecule has 1 aliphatic rings. The van der Waals surface area contributed by atoms with E-state index in [4.69, 9.17) is 17.0 Å². The average molecular weight is 425 g/mol. The summed E-state index contributed by atoms with van der Waals surface area (Å²) >= 11 is 6.47. The van der Waals surface area contributed by atoms with Gasteiger partial charge in [-0.25, -0.2) is 0 Å². The number of carbonyl (C=O) groups is 2. The van der Waals surface area contributed by atoms with Crippen molar-refractivity contribution in [3.8, 4) is 5.75 Å². The standard InChI is InChI=1S/C22H20N2O3S2/c1-2-27-18-13-11-17(12-14-18)23-20(25)15-24-21(26)19(29-22(24)28)10-6-9-16-7-4-3-5-8-16/h3-14H,2,15H2,1H3,(H,23,25)/b9-6+,19-10-. The van der Waals surface area contributed by atoms with E-state index in [-0.39, 0.29) is 18.4 Å². The second kappa shape index (κ2) is 10.0. The fourth-order valence-electron chi connectivity index (χ4n) is 2.61. The molecule has 0 radical (unpaired) electrons. The number of nitrogens with zero attached hydrogens (tertiary/aromatic N) is 1. The summed E-state index contributed by atoms with van der Waals surface area (Å²) in [7, 11) is 0. The van der Waals surface area contributed by atoms with Gasteiger partial charge in [-0.3, -0.25) is 14.5 Å². The summed E-state index contributed by atoms with van der Waals surface area (Å²) in [4.78, 5) is 26.7. The molecule has 5 nitrogen and oxygen atoms in total. The van der Waals surface area contributed by atoms with Crippen molar-refractivity contribution in [2.45, 2.75) is 6.92 Å². The summed E-state index contributed by atoms with van der Waals surface area (Å²) in [5.41, 5.74) is 1.67. The monoisotopic (exact) mass is 424 g/mol. The van der Waals surface area contributed by atoms with Crippen LogP contribution in [0.3, 0.4) is 0 Å². The Hall–Kier alpha value is -2.90. The molecule has 0 bridgehead atoms. The van der Waals surface area contributed by atoms with Crippen LogP contribution in [0.2, 0.25) is 0 Å². The molecule has 2 aromatic rings. The van der Waals surface area contributed by atoms with E-state index in [0.717, 1.165) is 11.3 Å². The molecule has 0 aliphatic carbocycles. The van der Waals surface area contributed by atoms with Gasteiger partial charge in [0.1, 0.15) is 16.6 Å².